The van der Waals surface area contributed by atoms with Crippen molar-refractivity contribution in [2.24, 2.45) is 10.8 Å². The molecule has 0 aliphatic rings. The largest absolute Gasteiger partial charge is 0.459 e. The van der Waals surface area contributed by atoms with Gasteiger partial charge in [0.1, 0.15) is 25.5 Å². The Balaban J connectivity index is 4.44. The van der Waals surface area contributed by atoms with Crippen molar-refractivity contribution in [3.05, 3.63) is 0 Å². The van der Waals surface area contributed by atoms with Gasteiger partial charge in [0, 0.05) is 12.5 Å². The highest BCUT2D eigenvalue weighted by molar-refractivity contribution is 5.83. The van der Waals surface area contributed by atoms with E-state index in [-0.39, 0.29) is 11.8 Å². The van der Waals surface area contributed by atoms with E-state index >= 15 is 0 Å². The van der Waals surface area contributed by atoms with Crippen LogP contribution in [0.3, 0.4) is 0 Å². The van der Waals surface area contributed by atoms with Crippen LogP contribution < -0.4 is 0 Å². The van der Waals surface area contributed by atoms with Crippen LogP contribution >= 0.6 is 0 Å². The third kappa shape index (κ3) is 7.36. The molecular weight excluding hydrogens is 282 g/mol. The van der Waals surface area contributed by atoms with Gasteiger partial charge in [-0.1, -0.05) is 13.8 Å². The molecule has 0 unspecified atom stereocenters. The van der Waals surface area contributed by atoms with Crippen LogP contribution in [-0.2, 0) is 19.1 Å². The molecular formula is C17H34NO4+. The molecule has 0 spiro atoms. The Hall–Kier alpha value is -0.940. The minimum absolute atomic E-state index is 0.0886. The molecule has 0 aromatic rings. The van der Waals surface area contributed by atoms with Crippen molar-refractivity contribution >= 4 is 11.8 Å². The summed E-state index contributed by atoms with van der Waals surface area (Å²) in [6.45, 7) is 11.6. The number of rotatable bonds is 10. The monoisotopic (exact) mass is 316 g/mol. The minimum Gasteiger partial charge on any atom is -0.459 e. The number of carbonyl (C=O) groups is 2. The molecule has 130 valence electrons. The van der Waals surface area contributed by atoms with Gasteiger partial charge in [0.15, 0.2) is 0 Å². The lowest BCUT2D eigenvalue weighted by molar-refractivity contribution is -0.890. The number of hydrogen-bond donors (Lipinski definition) is 0. The highest BCUT2D eigenvalue weighted by atomic mass is 16.5. The van der Waals surface area contributed by atoms with Gasteiger partial charge in [-0.3, -0.25) is 9.59 Å². The molecule has 0 rings (SSSR count). The van der Waals surface area contributed by atoms with Gasteiger partial charge in [0.25, 0.3) is 0 Å². The molecule has 5 nitrogen and oxygen atoms in total. The lowest BCUT2D eigenvalue weighted by Gasteiger charge is -2.32. The smallest absolute Gasteiger partial charge is 0.311 e. The van der Waals surface area contributed by atoms with E-state index in [2.05, 4.69) is 14.1 Å². The topological polar surface area (TPSA) is 52.6 Å². The van der Waals surface area contributed by atoms with Gasteiger partial charge in [0.2, 0.25) is 0 Å². The molecule has 22 heavy (non-hydrogen) atoms. The summed E-state index contributed by atoms with van der Waals surface area (Å²) in [5.74, 6) is -0.153. The zero-order valence-corrected chi connectivity index (χ0v) is 15.6. The SMILES string of the molecule is COCC[N+](C)(C)CCOC(=O)C(C)(C)CC(C)(C)C(C)=O. The predicted molar refractivity (Wildman–Crippen MR) is 87.5 cm³/mol. The molecule has 0 amide bonds. The Bertz CT molecular complexity index is 386. The zero-order chi connectivity index (χ0) is 17.6. The van der Waals surface area contributed by atoms with Crippen molar-refractivity contribution in [1.29, 1.82) is 0 Å². The molecule has 0 heterocycles. The van der Waals surface area contributed by atoms with E-state index in [1.165, 1.54) is 0 Å². The fourth-order valence-electron chi connectivity index (χ4n) is 2.33. The normalized spacial score (nSPS) is 13.1. The number of quaternary nitrogens is 1. The summed E-state index contributed by atoms with van der Waals surface area (Å²) in [5, 5.41) is 0. The maximum Gasteiger partial charge on any atom is 0.311 e. The van der Waals surface area contributed by atoms with Crippen LogP contribution in [0.25, 0.3) is 0 Å². The van der Waals surface area contributed by atoms with Gasteiger partial charge in [-0.05, 0) is 27.2 Å². The fourth-order valence-corrected chi connectivity index (χ4v) is 2.33. The zero-order valence-electron chi connectivity index (χ0n) is 15.6. The molecule has 0 fully saturated rings. The molecule has 0 N–H and O–H groups in total. The van der Waals surface area contributed by atoms with Crippen molar-refractivity contribution < 1.29 is 23.5 Å². The molecule has 0 aliphatic heterocycles. The molecule has 0 saturated heterocycles. The van der Waals surface area contributed by atoms with E-state index in [1.807, 2.05) is 27.7 Å². The van der Waals surface area contributed by atoms with E-state index in [0.29, 0.717) is 19.6 Å². The first-order chi connectivity index (χ1) is 9.84. The highest BCUT2D eigenvalue weighted by Gasteiger charge is 2.38. The third-order valence-electron chi connectivity index (χ3n) is 4.22. The second kappa shape index (κ2) is 8.06. The molecule has 0 saturated carbocycles. The van der Waals surface area contributed by atoms with Crippen molar-refractivity contribution in [3.63, 3.8) is 0 Å². The molecule has 0 atom stereocenters. The third-order valence-corrected chi connectivity index (χ3v) is 4.22. The van der Waals surface area contributed by atoms with Gasteiger partial charge in [0.05, 0.1) is 26.1 Å². The van der Waals surface area contributed by atoms with Crippen LogP contribution in [0.1, 0.15) is 41.0 Å². The van der Waals surface area contributed by atoms with E-state index in [1.54, 1.807) is 14.0 Å². The number of ketones is 1. The van der Waals surface area contributed by atoms with Crippen LogP contribution in [0, 0.1) is 10.8 Å². The van der Waals surface area contributed by atoms with Gasteiger partial charge < -0.3 is 14.0 Å². The number of methoxy groups -OCH3 is 1. The first-order valence-corrected chi connectivity index (χ1v) is 7.83. The fraction of sp³-hybridized carbons (Fsp3) is 0.882. The summed E-state index contributed by atoms with van der Waals surface area (Å²) in [7, 11) is 5.84. The van der Waals surface area contributed by atoms with Crippen molar-refractivity contribution in [3.8, 4) is 0 Å². The Labute approximate surface area is 135 Å². The second-order valence-electron chi connectivity index (χ2n) is 8.01. The molecule has 0 aromatic carbocycles. The van der Waals surface area contributed by atoms with E-state index in [9.17, 15) is 9.59 Å². The maximum atomic E-state index is 12.3. The number of nitrogens with zero attached hydrogens (tertiary/aromatic N) is 1. The Morgan fingerprint density at radius 3 is 1.91 bits per heavy atom. The van der Waals surface area contributed by atoms with Crippen molar-refractivity contribution in [2.45, 2.75) is 41.0 Å². The van der Waals surface area contributed by atoms with Gasteiger partial charge in [-0.25, -0.2) is 0 Å². The van der Waals surface area contributed by atoms with Crippen LogP contribution in [0.2, 0.25) is 0 Å². The quantitative estimate of drug-likeness (QED) is 0.458. The van der Waals surface area contributed by atoms with Gasteiger partial charge in [-0.15, -0.1) is 0 Å². The number of Topliss-reactive ketones (excluding diaryl/α,β-unsaturated/α-hetero) is 1. The van der Waals surface area contributed by atoms with Gasteiger partial charge >= 0.3 is 5.97 Å². The lowest BCUT2D eigenvalue weighted by atomic mass is 9.73. The average Bonchev–Trinajstić information content (AvgIpc) is 2.34. The molecule has 0 bridgehead atoms. The first-order valence-electron chi connectivity index (χ1n) is 7.83. The molecule has 0 aliphatic carbocycles. The summed E-state index contributed by atoms with van der Waals surface area (Å²) in [4.78, 5) is 23.9. The molecule has 0 aromatic heterocycles. The summed E-state index contributed by atoms with van der Waals surface area (Å²) >= 11 is 0. The number of esters is 1. The summed E-state index contributed by atoms with van der Waals surface area (Å²) < 4.78 is 11.3. The minimum atomic E-state index is -0.668. The lowest BCUT2D eigenvalue weighted by Crippen LogP contribution is -2.45. The first kappa shape index (κ1) is 21.1. The highest BCUT2D eigenvalue weighted by Crippen LogP contribution is 2.35. The van der Waals surface area contributed by atoms with Crippen LogP contribution in [0.5, 0.6) is 0 Å². The summed E-state index contributed by atoms with van der Waals surface area (Å²) in [5.41, 5.74) is -1.19. The number of ether oxygens (including phenoxy) is 2. The maximum absolute atomic E-state index is 12.3. The van der Waals surface area contributed by atoms with E-state index < -0.39 is 10.8 Å². The van der Waals surface area contributed by atoms with Gasteiger partial charge in [-0.2, -0.15) is 0 Å². The second-order valence-corrected chi connectivity index (χ2v) is 8.01. The molecule has 5 heteroatoms. The summed E-state index contributed by atoms with van der Waals surface area (Å²) in [6, 6.07) is 0. The average molecular weight is 316 g/mol. The van der Waals surface area contributed by atoms with Crippen molar-refractivity contribution in [1.82, 2.24) is 0 Å². The Morgan fingerprint density at radius 1 is 0.955 bits per heavy atom. The van der Waals surface area contributed by atoms with E-state index in [4.69, 9.17) is 9.47 Å². The van der Waals surface area contributed by atoms with Crippen LogP contribution in [0.4, 0.5) is 0 Å². The predicted octanol–water partition coefficient (Wildman–Crippen LogP) is 2.28. The Morgan fingerprint density at radius 2 is 1.45 bits per heavy atom. The summed E-state index contributed by atoms with van der Waals surface area (Å²) in [6.07, 6.45) is 0.482. The van der Waals surface area contributed by atoms with Crippen molar-refractivity contribution in [2.75, 3.05) is 47.5 Å². The van der Waals surface area contributed by atoms with Crippen LogP contribution in [0.15, 0.2) is 0 Å². The Kier molecular flexibility index (Phi) is 7.72. The molecule has 0 radical (unpaired) electrons. The number of likely N-dealkylation sites (N-methyl/N-ethyl adjacent to an activating group) is 1. The van der Waals surface area contributed by atoms with E-state index in [0.717, 1.165) is 17.6 Å². The number of carbonyl (C=O) groups excluding carboxylic acids is 2. The van der Waals surface area contributed by atoms with Crippen LogP contribution in [-0.4, -0.2) is 63.7 Å². The standard InChI is InChI=1S/C17H34NO4/c1-14(19)16(2,3)13-17(4,5)15(20)22-12-10-18(6,7)9-11-21-8/h9-13H2,1-8H3/q+1. The number of hydrogen-bond acceptors (Lipinski definition) is 4.